The number of hydrogen-bond donors (Lipinski definition) is 2. The molecule has 212 valence electrons. The van der Waals surface area contributed by atoms with E-state index in [4.69, 9.17) is 4.52 Å². The molecule has 2 heterocycles. The minimum Gasteiger partial charge on any atom is -0.338 e. The Morgan fingerprint density at radius 2 is 1.71 bits per heavy atom. The average Bonchev–Trinajstić information content (AvgIpc) is 3.41. The van der Waals surface area contributed by atoms with Gasteiger partial charge in [0.2, 0.25) is 17.6 Å². The van der Waals surface area contributed by atoms with E-state index in [0.717, 1.165) is 30.5 Å². The van der Waals surface area contributed by atoms with Gasteiger partial charge in [-0.05, 0) is 73.7 Å². The Bertz CT molecular complexity index is 1520. The van der Waals surface area contributed by atoms with Gasteiger partial charge in [-0.2, -0.15) is 4.98 Å². The summed E-state index contributed by atoms with van der Waals surface area (Å²) in [4.78, 5) is 32.7. The van der Waals surface area contributed by atoms with Gasteiger partial charge in [0.15, 0.2) is 0 Å². The van der Waals surface area contributed by atoms with Crippen LogP contribution in [0, 0.1) is 12.8 Å². The first-order chi connectivity index (χ1) is 19.6. The molecular weight excluding hydrogens is 514 g/mol. The number of hydrogen-bond acceptors (Lipinski definition) is 6. The first-order valence-corrected chi connectivity index (χ1v) is 14.1. The van der Waals surface area contributed by atoms with Crippen LogP contribution in [0.5, 0.6) is 0 Å². The maximum atomic E-state index is 13.2. The molecule has 3 aromatic carbocycles. The predicted molar refractivity (Wildman–Crippen MR) is 161 cm³/mol. The first-order valence-electron chi connectivity index (χ1n) is 14.1. The summed E-state index contributed by atoms with van der Waals surface area (Å²) in [5.41, 5.74) is 5.11. The van der Waals surface area contributed by atoms with E-state index in [1.54, 1.807) is 6.07 Å². The van der Waals surface area contributed by atoms with Crippen LogP contribution in [0.4, 0.5) is 11.4 Å². The quantitative estimate of drug-likeness (QED) is 0.274. The van der Waals surface area contributed by atoms with Gasteiger partial charge in [-0.15, -0.1) is 0 Å². The maximum absolute atomic E-state index is 13.2. The molecule has 2 N–H and O–H groups in total. The number of piperidine rings is 1. The Labute approximate surface area is 241 Å². The van der Waals surface area contributed by atoms with Gasteiger partial charge in [0, 0.05) is 29.0 Å². The van der Waals surface area contributed by atoms with Crippen molar-refractivity contribution >= 4 is 23.2 Å². The predicted octanol–water partition coefficient (Wildman–Crippen LogP) is 6.45. The molecule has 0 bridgehead atoms. The fraction of sp³-hybridized carbons (Fsp3) is 0.333. The van der Waals surface area contributed by atoms with E-state index in [1.165, 1.54) is 5.56 Å². The van der Waals surface area contributed by atoms with Crippen LogP contribution in [0.15, 0.2) is 77.3 Å². The van der Waals surface area contributed by atoms with Crippen LogP contribution in [0.2, 0.25) is 0 Å². The van der Waals surface area contributed by atoms with E-state index >= 15 is 0 Å². The van der Waals surface area contributed by atoms with E-state index in [9.17, 15) is 9.59 Å². The molecular formula is C33H37N5O3. The van der Waals surface area contributed by atoms with Crippen molar-refractivity contribution in [2.24, 2.45) is 5.92 Å². The Morgan fingerprint density at radius 3 is 2.44 bits per heavy atom. The van der Waals surface area contributed by atoms with Crippen molar-refractivity contribution in [3.63, 3.8) is 0 Å². The highest BCUT2D eigenvalue weighted by Crippen LogP contribution is 2.25. The molecule has 1 aliphatic rings. The van der Waals surface area contributed by atoms with E-state index in [0.29, 0.717) is 41.7 Å². The van der Waals surface area contributed by atoms with Crippen LogP contribution in [0.3, 0.4) is 0 Å². The lowest BCUT2D eigenvalue weighted by atomic mass is 9.87. The second-order valence-electron chi connectivity index (χ2n) is 11.8. The molecule has 4 aromatic rings. The molecule has 0 saturated carbocycles. The summed E-state index contributed by atoms with van der Waals surface area (Å²) in [6.07, 6.45) is 1.71. The third kappa shape index (κ3) is 7.27. The highest BCUT2D eigenvalue weighted by molar-refractivity contribution is 6.04. The minimum atomic E-state index is -0.191. The lowest BCUT2D eigenvalue weighted by molar-refractivity contribution is -0.121. The normalized spacial score (nSPS) is 15.9. The molecule has 0 spiro atoms. The van der Waals surface area contributed by atoms with Crippen molar-refractivity contribution in [3.8, 4) is 11.4 Å². The number of aryl methyl sites for hydroxylation is 1. The molecule has 2 amide bonds. The number of rotatable bonds is 7. The van der Waals surface area contributed by atoms with Gasteiger partial charge in [0.05, 0.1) is 12.5 Å². The molecule has 41 heavy (non-hydrogen) atoms. The van der Waals surface area contributed by atoms with Crippen molar-refractivity contribution in [2.75, 3.05) is 23.7 Å². The summed E-state index contributed by atoms with van der Waals surface area (Å²) < 4.78 is 5.51. The second kappa shape index (κ2) is 12.1. The van der Waals surface area contributed by atoms with Gasteiger partial charge in [0.1, 0.15) is 0 Å². The maximum Gasteiger partial charge on any atom is 0.255 e. The smallest absolute Gasteiger partial charge is 0.255 e. The zero-order valence-electron chi connectivity index (χ0n) is 24.1. The third-order valence-electron chi connectivity index (χ3n) is 7.38. The lowest BCUT2D eigenvalue weighted by Gasteiger charge is -2.30. The van der Waals surface area contributed by atoms with Crippen molar-refractivity contribution in [1.82, 2.24) is 15.0 Å². The molecule has 8 nitrogen and oxygen atoms in total. The van der Waals surface area contributed by atoms with Gasteiger partial charge < -0.3 is 15.2 Å². The third-order valence-corrected chi connectivity index (χ3v) is 7.38. The number of benzene rings is 3. The second-order valence-corrected chi connectivity index (χ2v) is 11.8. The number of carbonyl (C=O) groups is 2. The average molecular weight is 552 g/mol. The number of likely N-dealkylation sites (tertiary alicyclic amines) is 1. The molecule has 1 fully saturated rings. The number of nitrogens with one attached hydrogen (secondary N) is 2. The highest BCUT2D eigenvalue weighted by Gasteiger charge is 2.27. The molecule has 1 aromatic heterocycles. The van der Waals surface area contributed by atoms with Crippen LogP contribution in [0.1, 0.15) is 61.0 Å². The SMILES string of the molecule is Cc1cccc(-c2noc(CN3CCCC(C(=O)Nc4cccc(NC(=O)c5ccc(C(C)(C)C)cc5)c4)C3)n2)c1. The largest absolute Gasteiger partial charge is 0.338 e. The number of anilines is 2. The summed E-state index contributed by atoms with van der Waals surface area (Å²) in [6.45, 7) is 10.4. The van der Waals surface area contributed by atoms with Gasteiger partial charge in [-0.1, -0.05) is 67.9 Å². The number of aromatic nitrogens is 2. The standard InChI is InChI=1S/C33H37N5O3/c1-22-8-5-9-24(18-22)30-36-29(41-37-30)21-38-17-7-10-25(20-38)32(40)35-28-12-6-11-27(19-28)34-31(39)23-13-15-26(16-14-23)33(2,3)4/h5-6,8-9,11-16,18-19,25H,7,10,17,20-21H2,1-4H3,(H,34,39)(H,35,40). The summed E-state index contributed by atoms with van der Waals surface area (Å²) >= 11 is 0. The fourth-order valence-electron chi connectivity index (χ4n) is 5.07. The van der Waals surface area contributed by atoms with Crippen LogP contribution in [-0.4, -0.2) is 39.9 Å². The summed E-state index contributed by atoms with van der Waals surface area (Å²) in [5, 5.41) is 10.1. The van der Waals surface area contributed by atoms with Gasteiger partial charge in [0.25, 0.3) is 5.91 Å². The molecule has 1 unspecified atom stereocenters. The Balaban J connectivity index is 1.16. The van der Waals surface area contributed by atoms with Crippen molar-refractivity contribution < 1.29 is 14.1 Å². The number of carbonyl (C=O) groups excluding carboxylic acids is 2. The molecule has 1 atom stereocenters. The summed E-state index contributed by atoms with van der Waals surface area (Å²) in [6, 6.07) is 22.9. The molecule has 1 saturated heterocycles. The molecule has 0 radical (unpaired) electrons. The van der Waals surface area contributed by atoms with Crippen LogP contribution >= 0.6 is 0 Å². The molecule has 8 heteroatoms. The van der Waals surface area contributed by atoms with E-state index in [1.807, 2.05) is 73.7 Å². The summed E-state index contributed by atoms with van der Waals surface area (Å²) in [5.74, 6) is 0.718. The van der Waals surface area contributed by atoms with Crippen molar-refractivity contribution in [1.29, 1.82) is 0 Å². The zero-order valence-corrected chi connectivity index (χ0v) is 24.1. The first kappa shape index (κ1) is 28.2. The van der Waals surface area contributed by atoms with E-state index < -0.39 is 0 Å². The monoisotopic (exact) mass is 551 g/mol. The van der Waals surface area contributed by atoms with Gasteiger partial charge >= 0.3 is 0 Å². The van der Waals surface area contributed by atoms with Gasteiger partial charge in [-0.3, -0.25) is 14.5 Å². The van der Waals surface area contributed by atoms with Crippen molar-refractivity contribution in [2.45, 2.75) is 52.5 Å². The summed E-state index contributed by atoms with van der Waals surface area (Å²) in [7, 11) is 0. The lowest BCUT2D eigenvalue weighted by Crippen LogP contribution is -2.40. The Hall–Kier alpha value is -4.30. The van der Waals surface area contributed by atoms with E-state index in [-0.39, 0.29) is 23.1 Å². The Morgan fingerprint density at radius 1 is 0.976 bits per heavy atom. The molecule has 0 aliphatic carbocycles. The van der Waals surface area contributed by atoms with Gasteiger partial charge in [-0.25, -0.2) is 0 Å². The van der Waals surface area contributed by atoms with E-state index in [2.05, 4.69) is 46.4 Å². The molecule has 5 rings (SSSR count). The van der Waals surface area contributed by atoms with Crippen molar-refractivity contribution in [3.05, 3.63) is 95.4 Å². The minimum absolute atomic E-state index is 0.0228. The zero-order chi connectivity index (χ0) is 29.0. The van der Waals surface area contributed by atoms with Crippen LogP contribution in [0.25, 0.3) is 11.4 Å². The molecule has 1 aliphatic heterocycles. The number of amides is 2. The van der Waals surface area contributed by atoms with Crippen LogP contribution < -0.4 is 10.6 Å². The fourth-order valence-corrected chi connectivity index (χ4v) is 5.07. The number of nitrogens with zero attached hydrogens (tertiary/aromatic N) is 3. The topological polar surface area (TPSA) is 100 Å². The Kier molecular flexibility index (Phi) is 8.31. The van der Waals surface area contributed by atoms with Crippen LogP contribution in [-0.2, 0) is 16.8 Å². The highest BCUT2D eigenvalue weighted by atomic mass is 16.5.